The number of amides is 2. The number of nitrogens with one attached hydrogen (secondary N) is 1. The Bertz CT molecular complexity index is 745. The van der Waals surface area contributed by atoms with Gasteiger partial charge in [-0.25, -0.2) is 4.79 Å². The van der Waals surface area contributed by atoms with Crippen LogP contribution in [0.25, 0.3) is 10.8 Å². The lowest BCUT2D eigenvalue weighted by molar-refractivity contribution is 0.217. The molecule has 0 fully saturated rings. The molecule has 0 aliphatic heterocycles. The van der Waals surface area contributed by atoms with Crippen molar-refractivity contribution in [3.63, 3.8) is 0 Å². The lowest BCUT2D eigenvalue weighted by Crippen LogP contribution is -2.30. The number of urea groups is 1. The van der Waals surface area contributed by atoms with Crippen molar-refractivity contribution in [3.8, 4) is 0 Å². The van der Waals surface area contributed by atoms with Crippen molar-refractivity contribution in [2.24, 2.45) is 0 Å². The third-order valence-corrected chi connectivity index (χ3v) is 3.35. The molecule has 0 saturated carbocycles. The third kappa shape index (κ3) is 2.89. The summed E-state index contributed by atoms with van der Waals surface area (Å²) in [5.74, 6) is 0.755. The van der Waals surface area contributed by atoms with Gasteiger partial charge in [0.05, 0.1) is 18.5 Å². The van der Waals surface area contributed by atoms with Gasteiger partial charge in [0.25, 0.3) is 0 Å². The van der Waals surface area contributed by atoms with Crippen LogP contribution in [-0.4, -0.2) is 18.0 Å². The maximum Gasteiger partial charge on any atom is 0.322 e. The first kappa shape index (κ1) is 13.2. The minimum atomic E-state index is -0.164. The first-order valence-corrected chi connectivity index (χ1v) is 6.76. The van der Waals surface area contributed by atoms with E-state index in [1.165, 1.54) is 0 Å². The van der Waals surface area contributed by atoms with Crippen LogP contribution >= 0.6 is 0 Å². The zero-order valence-electron chi connectivity index (χ0n) is 11.7. The highest BCUT2D eigenvalue weighted by Crippen LogP contribution is 2.23. The van der Waals surface area contributed by atoms with E-state index in [0.29, 0.717) is 6.54 Å². The van der Waals surface area contributed by atoms with Crippen LogP contribution in [0.1, 0.15) is 5.76 Å². The predicted molar refractivity (Wildman–Crippen MR) is 83.1 cm³/mol. The Hall–Kier alpha value is -2.75. The molecule has 0 bridgehead atoms. The highest BCUT2D eigenvalue weighted by atomic mass is 16.3. The molecule has 1 N–H and O–H groups in total. The number of hydrogen-bond donors (Lipinski definition) is 1. The van der Waals surface area contributed by atoms with E-state index in [4.69, 9.17) is 4.42 Å². The zero-order valence-corrected chi connectivity index (χ0v) is 11.7. The number of rotatable bonds is 3. The molecular formula is C17H16N2O2. The molecule has 2 amide bonds. The number of benzene rings is 2. The monoisotopic (exact) mass is 280 g/mol. The molecule has 1 heterocycles. The van der Waals surface area contributed by atoms with E-state index in [0.717, 1.165) is 22.2 Å². The summed E-state index contributed by atoms with van der Waals surface area (Å²) in [6.45, 7) is 0.434. The Kier molecular flexibility index (Phi) is 3.60. The highest BCUT2D eigenvalue weighted by molar-refractivity contribution is 6.01. The molecule has 106 valence electrons. The van der Waals surface area contributed by atoms with Gasteiger partial charge in [-0.05, 0) is 23.6 Å². The summed E-state index contributed by atoms with van der Waals surface area (Å²) in [7, 11) is 1.74. The maximum atomic E-state index is 12.3. The molecule has 4 heteroatoms. The van der Waals surface area contributed by atoms with Crippen molar-refractivity contribution in [3.05, 3.63) is 66.6 Å². The van der Waals surface area contributed by atoms with Gasteiger partial charge in [0.1, 0.15) is 5.76 Å². The number of fused-ring (bicyclic) bond motifs is 1. The molecule has 0 saturated heterocycles. The van der Waals surface area contributed by atoms with E-state index in [1.807, 2.05) is 54.6 Å². The summed E-state index contributed by atoms with van der Waals surface area (Å²) >= 11 is 0. The number of nitrogens with zero attached hydrogens (tertiary/aromatic N) is 1. The van der Waals surface area contributed by atoms with Gasteiger partial charge in [-0.2, -0.15) is 0 Å². The van der Waals surface area contributed by atoms with Gasteiger partial charge in [0.2, 0.25) is 0 Å². The maximum absolute atomic E-state index is 12.3. The number of anilines is 1. The fourth-order valence-electron chi connectivity index (χ4n) is 2.25. The lowest BCUT2D eigenvalue weighted by Gasteiger charge is -2.17. The topological polar surface area (TPSA) is 45.5 Å². The summed E-state index contributed by atoms with van der Waals surface area (Å²) in [6, 6.07) is 17.3. The van der Waals surface area contributed by atoms with E-state index in [-0.39, 0.29) is 6.03 Å². The number of hydrogen-bond acceptors (Lipinski definition) is 2. The first-order chi connectivity index (χ1) is 10.2. The van der Waals surface area contributed by atoms with Crippen molar-refractivity contribution in [1.29, 1.82) is 0 Å². The summed E-state index contributed by atoms with van der Waals surface area (Å²) in [5, 5.41) is 5.07. The number of carbonyl (C=O) groups excluding carboxylic acids is 1. The van der Waals surface area contributed by atoms with E-state index < -0.39 is 0 Å². The molecule has 0 radical (unpaired) electrons. The van der Waals surface area contributed by atoms with Crippen molar-refractivity contribution in [1.82, 2.24) is 4.90 Å². The van der Waals surface area contributed by atoms with Crippen LogP contribution in [0.2, 0.25) is 0 Å². The third-order valence-electron chi connectivity index (χ3n) is 3.35. The lowest BCUT2D eigenvalue weighted by atomic mass is 10.1. The minimum absolute atomic E-state index is 0.164. The summed E-state index contributed by atoms with van der Waals surface area (Å²) in [4.78, 5) is 13.8. The molecule has 0 atom stereocenters. The average Bonchev–Trinajstić information content (AvgIpc) is 3.00. The van der Waals surface area contributed by atoms with E-state index in [9.17, 15) is 4.79 Å². The predicted octanol–water partition coefficient (Wildman–Crippen LogP) is 4.10. The van der Waals surface area contributed by atoms with Gasteiger partial charge in [-0.3, -0.25) is 0 Å². The molecule has 1 aromatic heterocycles. The Morgan fingerprint density at radius 2 is 1.90 bits per heavy atom. The SMILES string of the molecule is CN(Cc1ccco1)C(=O)Nc1cccc2ccccc12. The van der Waals surface area contributed by atoms with Crippen LogP contribution in [0, 0.1) is 0 Å². The zero-order chi connectivity index (χ0) is 14.7. The molecule has 0 spiro atoms. The van der Waals surface area contributed by atoms with Gasteiger partial charge in [0, 0.05) is 12.4 Å². The van der Waals surface area contributed by atoms with Gasteiger partial charge >= 0.3 is 6.03 Å². The van der Waals surface area contributed by atoms with Gasteiger partial charge < -0.3 is 14.6 Å². The van der Waals surface area contributed by atoms with E-state index >= 15 is 0 Å². The van der Waals surface area contributed by atoms with Gasteiger partial charge in [0.15, 0.2) is 0 Å². The quantitative estimate of drug-likeness (QED) is 0.785. The average molecular weight is 280 g/mol. The van der Waals surface area contributed by atoms with Crippen LogP contribution in [0.4, 0.5) is 10.5 Å². The molecule has 4 nitrogen and oxygen atoms in total. The molecule has 21 heavy (non-hydrogen) atoms. The van der Waals surface area contributed by atoms with Crippen LogP contribution in [0.15, 0.2) is 65.3 Å². The van der Waals surface area contributed by atoms with Crippen molar-refractivity contribution < 1.29 is 9.21 Å². The highest BCUT2D eigenvalue weighted by Gasteiger charge is 2.11. The fourth-order valence-corrected chi connectivity index (χ4v) is 2.25. The molecule has 3 rings (SSSR count). The smallest absolute Gasteiger partial charge is 0.322 e. The second-order valence-corrected chi connectivity index (χ2v) is 4.89. The minimum Gasteiger partial charge on any atom is -0.467 e. The van der Waals surface area contributed by atoms with Gasteiger partial charge in [-0.1, -0.05) is 36.4 Å². The number of furan rings is 1. The summed E-state index contributed by atoms with van der Waals surface area (Å²) < 4.78 is 5.25. The second-order valence-electron chi connectivity index (χ2n) is 4.89. The second kappa shape index (κ2) is 5.71. The molecule has 0 unspecified atom stereocenters. The fraction of sp³-hybridized carbons (Fsp3) is 0.118. The van der Waals surface area contributed by atoms with Crippen molar-refractivity contribution in [2.45, 2.75) is 6.54 Å². The molecule has 2 aromatic carbocycles. The van der Waals surface area contributed by atoms with Crippen molar-refractivity contribution >= 4 is 22.5 Å². The van der Waals surface area contributed by atoms with E-state index in [1.54, 1.807) is 18.2 Å². The normalized spacial score (nSPS) is 10.5. The van der Waals surface area contributed by atoms with Crippen LogP contribution in [0.3, 0.4) is 0 Å². The summed E-state index contributed by atoms with van der Waals surface area (Å²) in [5.41, 5.74) is 0.810. The molecule has 3 aromatic rings. The number of carbonyl (C=O) groups is 1. The largest absolute Gasteiger partial charge is 0.467 e. The first-order valence-electron chi connectivity index (χ1n) is 6.76. The van der Waals surface area contributed by atoms with Crippen LogP contribution < -0.4 is 5.32 Å². The van der Waals surface area contributed by atoms with Crippen LogP contribution in [-0.2, 0) is 6.54 Å². The summed E-state index contributed by atoms with van der Waals surface area (Å²) in [6.07, 6.45) is 1.60. The molecule has 0 aliphatic rings. The Morgan fingerprint density at radius 1 is 1.10 bits per heavy atom. The van der Waals surface area contributed by atoms with E-state index in [2.05, 4.69) is 5.32 Å². The van der Waals surface area contributed by atoms with Crippen molar-refractivity contribution in [2.75, 3.05) is 12.4 Å². The Labute approximate surface area is 123 Å². The standard InChI is InChI=1S/C17H16N2O2/c1-19(12-14-8-5-11-21-14)17(20)18-16-10-4-7-13-6-2-3-9-15(13)16/h2-11H,12H2,1H3,(H,18,20). The molecule has 0 aliphatic carbocycles. The van der Waals surface area contributed by atoms with Gasteiger partial charge in [-0.15, -0.1) is 0 Å². The van der Waals surface area contributed by atoms with Crippen LogP contribution in [0.5, 0.6) is 0 Å². The Morgan fingerprint density at radius 3 is 2.71 bits per heavy atom. The Balaban J connectivity index is 1.77. The molecular weight excluding hydrogens is 264 g/mol.